The fraction of sp³-hybridized carbons (Fsp3) is 0.217. The number of benzene rings is 2. The maximum atomic E-state index is 13.3. The van der Waals surface area contributed by atoms with Crippen LogP contribution < -0.4 is 10.5 Å². The molecule has 0 fully saturated rings. The highest BCUT2D eigenvalue weighted by Gasteiger charge is 2.21. The Labute approximate surface area is 177 Å². The molecule has 2 aromatic heterocycles. The number of aromatic nitrogens is 3. The van der Waals surface area contributed by atoms with Crippen molar-refractivity contribution >= 4 is 22.7 Å². The highest BCUT2D eigenvalue weighted by Crippen LogP contribution is 2.25. The molecule has 2 aromatic carbocycles. The second-order valence-corrected chi connectivity index (χ2v) is 7.32. The normalized spacial score (nSPS) is 11.1. The number of hydrogen-bond acceptors (Lipinski definition) is 5. The highest BCUT2D eigenvalue weighted by molar-refractivity contribution is 5.94. The minimum atomic E-state index is -0.448. The monoisotopic (exact) mass is 420 g/mol. The number of likely N-dealkylation sites (N-methyl/N-ethyl adjacent to an activating group) is 1. The Kier molecular flexibility index (Phi) is 5.37. The standard InChI is InChI=1S/C23H21FN4O3/c1-4-28(18-11-14(2)5-6-15(18)3)19(29)12-27-13-25-22-20(23(27)30)21(26-31-22)16-7-9-17(24)10-8-16/h5-11,13H,4,12H2,1-3H3. The van der Waals surface area contributed by atoms with Gasteiger partial charge in [-0.25, -0.2) is 9.37 Å². The van der Waals surface area contributed by atoms with Gasteiger partial charge < -0.3 is 9.42 Å². The third kappa shape index (κ3) is 3.84. The lowest BCUT2D eigenvalue weighted by Crippen LogP contribution is -2.37. The number of aryl methyl sites for hydroxylation is 2. The number of nitrogens with zero attached hydrogens (tertiary/aromatic N) is 4. The van der Waals surface area contributed by atoms with Crippen molar-refractivity contribution in [3.8, 4) is 11.3 Å². The number of fused-ring (bicyclic) bond motifs is 1. The van der Waals surface area contributed by atoms with Gasteiger partial charge in [0.2, 0.25) is 5.91 Å². The van der Waals surface area contributed by atoms with E-state index in [0.29, 0.717) is 12.1 Å². The number of carbonyl (C=O) groups excluding carboxylic acids is 1. The Hall–Kier alpha value is -3.81. The first-order valence-corrected chi connectivity index (χ1v) is 9.87. The van der Waals surface area contributed by atoms with Gasteiger partial charge in [-0.1, -0.05) is 17.3 Å². The molecule has 158 valence electrons. The Morgan fingerprint density at radius 3 is 2.61 bits per heavy atom. The van der Waals surface area contributed by atoms with E-state index in [2.05, 4.69) is 10.1 Å². The van der Waals surface area contributed by atoms with E-state index >= 15 is 0 Å². The summed E-state index contributed by atoms with van der Waals surface area (Å²) in [6.07, 6.45) is 1.28. The van der Waals surface area contributed by atoms with Crippen LogP contribution in [0.3, 0.4) is 0 Å². The summed E-state index contributed by atoms with van der Waals surface area (Å²) in [5.41, 5.74) is 3.22. The molecule has 0 aliphatic heterocycles. The lowest BCUT2D eigenvalue weighted by molar-refractivity contribution is -0.119. The van der Waals surface area contributed by atoms with Crippen LogP contribution in [0.5, 0.6) is 0 Å². The third-order valence-corrected chi connectivity index (χ3v) is 5.16. The van der Waals surface area contributed by atoms with Crippen LogP contribution in [0, 0.1) is 19.7 Å². The maximum Gasteiger partial charge on any atom is 0.267 e. The summed E-state index contributed by atoms with van der Waals surface area (Å²) < 4.78 is 19.7. The first-order valence-electron chi connectivity index (χ1n) is 9.87. The van der Waals surface area contributed by atoms with Gasteiger partial charge >= 0.3 is 0 Å². The lowest BCUT2D eigenvalue weighted by Gasteiger charge is -2.23. The number of rotatable bonds is 5. The lowest BCUT2D eigenvalue weighted by atomic mass is 10.1. The Morgan fingerprint density at radius 2 is 1.90 bits per heavy atom. The fourth-order valence-corrected chi connectivity index (χ4v) is 3.52. The Bertz CT molecular complexity index is 1330. The van der Waals surface area contributed by atoms with E-state index < -0.39 is 11.4 Å². The second-order valence-electron chi connectivity index (χ2n) is 7.32. The first-order chi connectivity index (χ1) is 14.9. The molecule has 0 bridgehead atoms. The molecule has 1 amide bonds. The molecule has 0 unspecified atom stereocenters. The number of amides is 1. The predicted octanol–water partition coefficient (Wildman–Crippen LogP) is 3.86. The van der Waals surface area contributed by atoms with Crippen molar-refractivity contribution in [3.05, 3.63) is 76.1 Å². The SMILES string of the molecule is CCN(C(=O)Cn1cnc2onc(-c3ccc(F)cc3)c2c1=O)c1cc(C)ccc1C. The maximum absolute atomic E-state index is 13.3. The van der Waals surface area contributed by atoms with Gasteiger partial charge in [-0.15, -0.1) is 0 Å². The van der Waals surface area contributed by atoms with Gasteiger partial charge in [0.05, 0.1) is 0 Å². The van der Waals surface area contributed by atoms with Crippen molar-refractivity contribution < 1.29 is 13.7 Å². The quantitative estimate of drug-likeness (QED) is 0.490. The molecular formula is C23H21FN4O3. The summed E-state index contributed by atoms with van der Waals surface area (Å²) in [7, 11) is 0. The molecule has 31 heavy (non-hydrogen) atoms. The van der Waals surface area contributed by atoms with Gasteiger partial charge in [0.1, 0.15) is 29.8 Å². The average molecular weight is 420 g/mol. The zero-order valence-corrected chi connectivity index (χ0v) is 17.4. The van der Waals surface area contributed by atoms with Crippen LogP contribution >= 0.6 is 0 Å². The van der Waals surface area contributed by atoms with E-state index in [0.717, 1.165) is 16.8 Å². The number of anilines is 1. The minimum absolute atomic E-state index is 0.0647. The van der Waals surface area contributed by atoms with Crippen LogP contribution in [0.4, 0.5) is 10.1 Å². The number of halogens is 1. The third-order valence-electron chi connectivity index (χ3n) is 5.16. The van der Waals surface area contributed by atoms with Gasteiger partial charge in [-0.05, 0) is 62.2 Å². The van der Waals surface area contributed by atoms with Gasteiger partial charge in [0, 0.05) is 17.8 Å². The van der Waals surface area contributed by atoms with E-state index in [1.165, 1.54) is 35.2 Å². The van der Waals surface area contributed by atoms with Crippen molar-refractivity contribution in [1.29, 1.82) is 0 Å². The van der Waals surface area contributed by atoms with Crippen molar-refractivity contribution in [2.24, 2.45) is 0 Å². The summed E-state index contributed by atoms with van der Waals surface area (Å²) in [5.74, 6) is -0.636. The predicted molar refractivity (Wildman–Crippen MR) is 115 cm³/mol. The van der Waals surface area contributed by atoms with Gasteiger partial charge in [-0.2, -0.15) is 0 Å². The molecule has 0 N–H and O–H groups in total. The summed E-state index contributed by atoms with van der Waals surface area (Å²) in [4.78, 5) is 32.0. The van der Waals surface area contributed by atoms with Crippen LogP contribution in [0.15, 0.2) is 58.1 Å². The van der Waals surface area contributed by atoms with Crippen molar-refractivity contribution in [2.45, 2.75) is 27.3 Å². The van der Waals surface area contributed by atoms with Crippen LogP contribution in [-0.2, 0) is 11.3 Å². The van der Waals surface area contributed by atoms with Crippen molar-refractivity contribution in [3.63, 3.8) is 0 Å². The molecule has 0 saturated carbocycles. The number of carbonyl (C=O) groups is 1. The molecule has 0 aliphatic carbocycles. The Morgan fingerprint density at radius 1 is 1.16 bits per heavy atom. The summed E-state index contributed by atoms with van der Waals surface area (Å²) in [6.45, 7) is 6.07. The average Bonchev–Trinajstić information content (AvgIpc) is 3.18. The van der Waals surface area contributed by atoms with Crippen LogP contribution in [0.1, 0.15) is 18.1 Å². The molecule has 0 radical (unpaired) electrons. The second kappa shape index (κ2) is 8.14. The molecule has 2 heterocycles. The molecule has 8 heteroatoms. The van der Waals surface area contributed by atoms with Gasteiger partial charge in [0.25, 0.3) is 11.3 Å². The summed E-state index contributed by atoms with van der Waals surface area (Å²) in [6, 6.07) is 11.5. The molecule has 0 saturated heterocycles. The van der Waals surface area contributed by atoms with Gasteiger partial charge in [-0.3, -0.25) is 14.2 Å². The molecule has 4 aromatic rings. The molecule has 7 nitrogen and oxygen atoms in total. The smallest absolute Gasteiger partial charge is 0.267 e. The van der Waals surface area contributed by atoms with E-state index in [-0.39, 0.29) is 29.2 Å². The van der Waals surface area contributed by atoms with Crippen LogP contribution in [-0.4, -0.2) is 27.2 Å². The van der Waals surface area contributed by atoms with Crippen molar-refractivity contribution in [1.82, 2.24) is 14.7 Å². The summed E-state index contributed by atoms with van der Waals surface area (Å²) in [5, 5.41) is 4.08. The zero-order valence-electron chi connectivity index (χ0n) is 17.4. The minimum Gasteiger partial charge on any atom is -0.335 e. The Balaban J connectivity index is 1.71. The van der Waals surface area contributed by atoms with E-state index in [9.17, 15) is 14.0 Å². The largest absolute Gasteiger partial charge is 0.335 e. The highest BCUT2D eigenvalue weighted by atomic mass is 19.1. The number of hydrogen-bond donors (Lipinski definition) is 0. The molecule has 0 spiro atoms. The summed E-state index contributed by atoms with van der Waals surface area (Å²) >= 11 is 0. The molecule has 0 aliphatic rings. The van der Waals surface area contributed by atoms with Crippen LogP contribution in [0.2, 0.25) is 0 Å². The van der Waals surface area contributed by atoms with Crippen LogP contribution in [0.25, 0.3) is 22.4 Å². The van der Waals surface area contributed by atoms with Crippen molar-refractivity contribution in [2.75, 3.05) is 11.4 Å². The molecular weight excluding hydrogens is 399 g/mol. The van der Waals surface area contributed by atoms with Gasteiger partial charge in [0.15, 0.2) is 0 Å². The van der Waals surface area contributed by atoms with E-state index in [1.807, 2.05) is 39.0 Å². The molecule has 0 atom stereocenters. The van der Waals surface area contributed by atoms with E-state index in [4.69, 9.17) is 4.52 Å². The van der Waals surface area contributed by atoms with E-state index in [1.54, 1.807) is 4.90 Å². The molecule has 4 rings (SSSR count). The zero-order chi connectivity index (χ0) is 22.1. The fourth-order valence-electron chi connectivity index (χ4n) is 3.52. The topological polar surface area (TPSA) is 81.2 Å². The first kappa shape index (κ1) is 20.5.